The molecule has 4 nitrogen and oxygen atoms in total. The van der Waals surface area contributed by atoms with Crippen molar-refractivity contribution in [3.05, 3.63) is 53.9 Å². The van der Waals surface area contributed by atoms with Gasteiger partial charge < -0.3 is 15.5 Å². The summed E-state index contributed by atoms with van der Waals surface area (Å²) >= 11 is 0. The van der Waals surface area contributed by atoms with E-state index in [1.807, 2.05) is 36.4 Å². The normalized spacial score (nSPS) is 17.7. The van der Waals surface area contributed by atoms with Gasteiger partial charge in [-0.05, 0) is 24.6 Å². The Hall–Kier alpha value is -2.49. The Balaban J connectivity index is 1.86. The molecule has 0 bridgehead atoms. The molecule has 0 saturated carbocycles. The number of H-pyrrole nitrogens is 1. The number of ether oxygens (including phenoxy) is 1. The predicted molar refractivity (Wildman–Crippen MR) is 78.9 cm³/mol. The molecule has 0 spiro atoms. The van der Waals surface area contributed by atoms with Crippen molar-refractivity contribution in [2.75, 3.05) is 12.3 Å². The lowest BCUT2D eigenvalue weighted by Gasteiger charge is -2.24. The molecule has 0 radical (unpaired) electrons. The standard InChI is InChI=1S/C16H15N3O/c17-12-5-3-6-13-15(12)19-16(18-13)11-8-9-20-14-7-2-1-4-10(11)14/h1-7,11H,8-9,17H2,(H,18,19). The molecular weight excluding hydrogens is 250 g/mol. The largest absolute Gasteiger partial charge is 0.493 e. The highest BCUT2D eigenvalue weighted by molar-refractivity contribution is 5.87. The summed E-state index contributed by atoms with van der Waals surface area (Å²) in [5, 5.41) is 0. The summed E-state index contributed by atoms with van der Waals surface area (Å²) in [5.74, 6) is 2.16. The summed E-state index contributed by atoms with van der Waals surface area (Å²) in [4.78, 5) is 8.10. The van der Waals surface area contributed by atoms with E-state index in [1.54, 1.807) is 0 Å². The first-order valence-electron chi connectivity index (χ1n) is 6.79. The lowest BCUT2D eigenvalue weighted by atomic mass is 9.92. The molecule has 1 unspecified atom stereocenters. The van der Waals surface area contributed by atoms with Crippen LogP contribution in [0.25, 0.3) is 11.0 Å². The molecule has 1 aliphatic heterocycles. The number of nitrogens with zero attached hydrogens (tertiary/aromatic N) is 1. The third-order valence-electron chi connectivity index (χ3n) is 3.85. The van der Waals surface area contributed by atoms with Crippen LogP contribution < -0.4 is 10.5 Å². The summed E-state index contributed by atoms with van der Waals surface area (Å²) in [7, 11) is 0. The summed E-state index contributed by atoms with van der Waals surface area (Å²) in [6.45, 7) is 0.716. The molecule has 3 N–H and O–H groups in total. The Kier molecular flexibility index (Phi) is 2.42. The summed E-state index contributed by atoms with van der Waals surface area (Å²) in [5.41, 5.74) is 9.73. The molecule has 20 heavy (non-hydrogen) atoms. The average Bonchev–Trinajstić information content (AvgIpc) is 2.92. The van der Waals surface area contributed by atoms with E-state index in [0.717, 1.165) is 29.0 Å². The second-order valence-corrected chi connectivity index (χ2v) is 5.09. The number of aromatic amines is 1. The summed E-state index contributed by atoms with van der Waals surface area (Å²) in [6, 6.07) is 14.0. The first-order valence-corrected chi connectivity index (χ1v) is 6.79. The number of aromatic nitrogens is 2. The molecule has 0 amide bonds. The fourth-order valence-corrected chi connectivity index (χ4v) is 2.86. The van der Waals surface area contributed by atoms with Gasteiger partial charge in [-0.2, -0.15) is 0 Å². The fraction of sp³-hybridized carbons (Fsp3) is 0.188. The van der Waals surface area contributed by atoms with E-state index in [-0.39, 0.29) is 5.92 Å². The smallest absolute Gasteiger partial charge is 0.123 e. The van der Waals surface area contributed by atoms with Crippen LogP contribution in [0, 0.1) is 0 Å². The van der Waals surface area contributed by atoms with Crippen LogP contribution in [0.5, 0.6) is 5.75 Å². The molecule has 2 aromatic carbocycles. The van der Waals surface area contributed by atoms with Crippen LogP contribution in [0.15, 0.2) is 42.5 Å². The van der Waals surface area contributed by atoms with Crippen molar-refractivity contribution >= 4 is 16.7 Å². The minimum atomic E-state index is 0.242. The van der Waals surface area contributed by atoms with Crippen LogP contribution in [-0.4, -0.2) is 16.6 Å². The van der Waals surface area contributed by atoms with Crippen molar-refractivity contribution in [1.82, 2.24) is 9.97 Å². The van der Waals surface area contributed by atoms with Gasteiger partial charge in [0.25, 0.3) is 0 Å². The van der Waals surface area contributed by atoms with E-state index in [2.05, 4.69) is 11.1 Å². The predicted octanol–water partition coefficient (Wildman–Crippen LogP) is 3.06. The van der Waals surface area contributed by atoms with Gasteiger partial charge in [0.2, 0.25) is 0 Å². The van der Waals surface area contributed by atoms with Crippen molar-refractivity contribution in [2.24, 2.45) is 0 Å². The Labute approximate surface area is 116 Å². The minimum absolute atomic E-state index is 0.242. The Morgan fingerprint density at radius 1 is 1.15 bits per heavy atom. The molecule has 1 aliphatic rings. The molecule has 0 saturated heterocycles. The maximum Gasteiger partial charge on any atom is 0.123 e. The zero-order chi connectivity index (χ0) is 13.5. The Morgan fingerprint density at radius 2 is 2.05 bits per heavy atom. The summed E-state index contributed by atoms with van der Waals surface area (Å²) in [6.07, 6.45) is 0.927. The Morgan fingerprint density at radius 3 is 2.95 bits per heavy atom. The number of nitrogen functional groups attached to an aromatic ring is 1. The van der Waals surface area contributed by atoms with Gasteiger partial charge in [-0.15, -0.1) is 0 Å². The van der Waals surface area contributed by atoms with Gasteiger partial charge in [0.05, 0.1) is 17.8 Å². The van der Waals surface area contributed by atoms with Crippen LogP contribution in [0.3, 0.4) is 0 Å². The molecule has 2 heterocycles. The third kappa shape index (κ3) is 1.65. The maximum atomic E-state index is 5.99. The molecular formula is C16H15N3O. The first-order chi connectivity index (χ1) is 9.83. The van der Waals surface area contributed by atoms with Crippen LogP contribution in [0.4, 0.5) is 5.69 Å². The zero-order valence-corrected chi connectivity index (χ0v) is 11.0. The highest BCUT2D eigenvalue weighted by atomic mass is 16.5. The van der Waals surface area contributed by atoms with E-state index in [9.17, 15) is 0 Å². The minimum Gasteiger partial charge on any atom is -0.493 e. The van der Waals surface area contributed by atoms with Crippen LogP contribution in [0.2, 0.25) is 0 Å². The van der Waals surface area contributed by atoms with Gasteiger partial charge in [0.1, 0.15) is 17.1 Å². The molecule has 3 aromatic rings. The number of para-hydroxylation sites is 2. The van der Waals surface area contributed by atoms with E-state index in [4.69, 9.17) is 15.5 Å². The SMILES string of the molecule is Nc1cccc2[nH]c(C3CCOc4ccccc43)nc12. The number of fused-ring (bicyclic) bond motifs is 2. The highest BCUT2D eigenvalue weighted by Crippen LogP contribution is 2.37. The highest BCUT2D eigenvalue weighted by Gasteiger charge is 2.25. The van der Waals surface area contributed by atoms with E-state index in [1.165, 1.54) is 5.56 Å². The molecule has 1 atom stereocenters. The van der Waals surface area contributed by atoms with E-state index < -0.39 is 0 Å². The van der Waals surface area contributed by atoms with Gasteiger partial charge in [-0.3, -0.25) is 0 Å². The van der Waals surface area contributed by atoms with Gasteiger partial charge in [0, 0.05) is 11.5 Å². The van der Waals surface area contributed by atoms with Crippen molar-refractivity contribution in [3.63, 3.8) is 0 Å². The van der Waals surface area contributed by atoms with Crippen molar-refractivity contribution in [1.29, 1.82) is 0 Å². The molecule has 0 fully saturated rings. The number of nitrogens with two attached hydrogens (primary N) is 1. The first kappa shape index (κ1) is 11.3. The van der Waals surface area contributed by atoms with Crippen molar-refractivity contribution in [3.8, 4) is 5.75 Å². The van der Waals surface area contributed by atoms with Gasteiger partial charge >= 0.3 is 0 Å². The third-order valence-corrected chi connectivity index (χ3v) is 3.85. The Bertz CT molecular complexity index is 778. The van der Waals surface area contributed by atoms with Crippen molar-refractivity contribution < 1.29 is 4.74 Å². The number of anilines is 1. The number of hydrogen-bond donors (Lipinski definition) is 2. The van der Waals surface area contributed by atoms with E-state index >= 15 is 0 Å². The van der Waals surface area contributed by atoms with Crippen LogP contribution in [-0.2, 0) is 0 Å². The molecule has 1 aromatic heterocycles. The topological polar surface area (TPSA) is 63.9 Å². The number of rotatable bonds is 1. The number of nitrogens with one attached hydrogen (secondary N) is 1. The second kappa shape index (κ2) is 4.27. The summed E-state index contributed by atoms with van der Waals surface area (Å²) < 4.78 is 5.71. The van der Waals surface area contributed by atoms with Crippen LogP contribution in [0.1, 0.15) is 23.7 Å². The lowest BCUT2D eigenvalue weighted by molar-refractivity contribution is 0.275. The van der Waals surface area contributed by atoms with E-state index in [0.29, 0.717) is 12.3 Å². The quantitative estimate of drug-likeness (QED) is 0.665. The monoisotopic (exact) mass is 265 g/mol. The number of benzene rings is 2. The number of imidazole rings is 1. The lowest BCUT2D eigenvalue weighted by Crippen LogP contribution is -2.16. The van der Waals surface area contributed by atoms with Gasteiger partial charge in [-0.25, -0.2) is 4.98 Å². The maximum absolute atomic E-state index is 5.99. The number of hydrogen-bond acceptors (Lipinski definition) is 3. The molecule has 4 heteroatoms. The van der Waals surface area contributed by atoms with Gasteiger partial charge in [0.15, 0.2) is 0 Å². The van der Waals surface area contributed by atoms with Crippen molar-refractivity contribution in [2.45, 2.75) is 12.3 Å². The van der Waals surface area contributed by atoms with Crippen LogP contribution >= 0.6 is 0 Å². The fourth-order valence-electron chi connectivity index (χ4n) is 2.86. The second-order valence-electron chi connectivity index (χ2n) is 5.09. The zero-order valence-electron chi connectivity index (χ0n) is 11.0. The molecule has 100 valence electrons. The van der Waals surface area contributed by atoms with Gasteiger partial charge in [-0.1, -0.05) is 24.3 Å². The molecule has 0 aliphatic carbocycles. The molecule has 4 rings (SSSR count). The average molecular weight is 265 g/mol.